The molecule has 190 valence electrons. The molecule has 1 aromatic carbocycles. The Labute approximate surface area is 205 Å². The second-order valence-corrected chi connectivity index (χ2v) is 10.2. The molecule has 0 radical (unpaired) electrons. The molecule has 0 spiro atoms. The van der Waals surface area contributed by atoms with Crippen molar-refractivity contribution in [1.29, 1.82) is 0 Å². The van der Waals surface area contributed by atoms with E-state index < -0.39 is 44.2 Å². The highest BCUT2D eigenvalue weighted by Crippen LogP contribution is 2.41. The maximum atomic E-state index is 13.1. The Bertz CT molecular complexity index is 1200. The van der Waals surface area contributed by atoms with Gasteiger partial charge in [0.1, 0.15) is 10.1 Å². The molecule has 2 amide bonds. The maximum absolute atomic E-state index is 13.1. The number of sulfone groups is 1. The Morgan fingerprint density at radius 1 is 1.29 bits per heavy atom. The third-order valence-electron chi connectivity index (χ3n) is 5.10. The molecule has 0 bridgehead atoms. The summed E-state index contributed by atoms with van der Waals surface area (Å²) >= 11 is 6.12. The van der Waals surface area contributed by atoms with Crippen molar-refractivity contribution in [1.82, 2.24) is 10.3 Å². The fourth-order valence-corrected chi connectivity index (χ4v) is 5.23. The van der Waals surface area contributed by atoms with Gasteiger partial charge in [0.15, 0.2) is 15.6 Å². The zero-order chi connectivity index (χ0) is 26.4. The molecule has 0 saturated heterocycles. The lowest BCUT2D eigenvalue weighted by atomic mass is 10.2. The molecule has 35 heavy (non-hydrogen) atoms. The number of alkyl halides is 3. The van der Waals surface area contributed by atoms with Gasteiger partial charge in [0.05, 0.1) is 22.4 Å². The van der Waals surface area contributed by atoms with Crippen LogP contribution in [0.2, 0.25) is 5.02 Å². The second kappa shape index (κ2) is 11.5. The third kappa shape index (κ3) is 7.43. The van der Waals surface area contributed by atoms with Gasteiger partial charge in [0, 0.05) is 6.20 Å². The van der Waals surface area contributed by atoms with Crippen molar-refractivity contribution in [3.63, 3.8) is 0 Å². The average molecular weight is 534 g/mol. The van der Waals surface area contributed by atoms with Crippen LogP contribution in [0.5, 0.6) is 5.75 Å². The molecule has 0 fully saturated rings. The summed E-state index contributed by atoms with van der Waals surface area (Å²) in [4.78, 5) is 24.7. The number of rotatable bonds is 5. The number of phenols is 1. The van der Waals surface area contributed by atoms with Crippen molar-refractivity contribution in [2.75, 3.05) is 5.32 Å². The lowest BCUT2D eigenvalue weighted by molar-refractivity contribution is -0.156. The van der Waals surface area contributed by atoms with Crippen molar-refractivity contribution in [2.45, 2.75) is 49.1 Å². The SMILES string of the molecule is CC1=CCCC1NC(=O)Nc1ccc(Cl)c(S(=O)(=O)C(C)c2ccccn2)c1O.O=CC(F)(F)F. The Kier molecular flexibility index (Phi) is 9.27. The first-order chi connectivity index (χ1) is 16.3. The number of phenolic OH excluding ortho intramolecular Hbond substituents is 1. The van der Waals surface area contributed by atoms with Crippen LogP contribution in [-0.4, -0.2) is 43.0 Å². The van der Waals surface area contributed by atoms with E-state index >= 15 is 0 Å². The lowest BCUT2D eigenvalue weighted by Gasteiger charge is -2.18. The van der Waals surface area contributed by atoms with Gasteiger partial charge in [0.2, 0.25) is 6.29 Å². The Morgan fingerprint density at radius 2 is 1.94 bits per heavy atom. The quantitative estimate of drug-likeness (QED) is 0.283. The minimum Gasteiger partial charge on any atom is -0.504 e. The summed E-state index contributed by atoms with van der Waals surface area (Å²) in [6.45, 7) is 3.40. The molecule has 1 aliphatic rings. The largest absolute Gasteiger partial charge is 0.504 e. The number of hydrogen-bond acceptors (Lipinski definition) is 6. The summed E-state index contributed by atoms with van der Waals surface area (Å²) in [5.41, 5.74) is 1.34. The predicted molar refractivity (Wildman–Crippen MR) is 124 cm³/mol. The van der Waals surface area contributed by atoms with Crippen LogP contribution < -0.4 is 10.6 Å². The topological polar surface area (TPSA) is 125 Å². The van der Waals surface area contributed by atoms with Gasteiger partial charge in [-0.05, 0) is 51.0 Å². The molecule has 1 aliphatic carbocycles. The molecular formula is C22H23ClF3N3O5S. The van der Waals surface area contributed by atoms with Gasteiger partial charge in [-0.15, -0.1) is 0 Å². The van der Waals surface area contributed by atoms with Crippen molar-refractivity contribution < 1.29 is 36.3 Å². The van der Waals surface area contributed by atoms with E-state index in [-0.39, 0.29) is 16.8 Å². The van der Waals surface area contributed by atoms with E-state index in [0.717, 1.165) is 18.4 Å². The number of halogens is 4. The van der Waals surface area contributed by atoms with E-state index in [4.69, 9.17) is 16.4 Å². The number of allylic oxidation sites excluding steroid dienone is 1. The fraction of sp³-hybridized carbons (Fsp3) is 0.318. The van der Waals surface area contributed by atoms with Gasteiger partial charge in [-0.25, -0.2) is 13.2 Å². The van der Waals surface area contributed by atoms with Gasteiger partial charge in [-0.3, -0.25) is 9.78 Å². The highest BCUT2D eigenvalue weighted by atomic mass is 35.5. The van der Waals surface area contributed by atoms with E-state index in [1.165, 1.54) is 25.3 Å². The number of aldehydes is 1. The summed E-state index contributed by atoms with van der Waals surface area (Å²) < 4.78 is 57.5. The standard InChI is InChI=1S/C20H22ClN3O4S.C2HF3O/c1-12-6-5-8-15(12)23-20(26)24-17-10-9-14(21)19(18(17)25)29(27,28)13(2)16-7-3-4-11-22-16;3-2(4,5)1-6/h3-4,6-7,9-11,13,15,25H,5,8H2,1-2H3,(H2,23,24,26);1H. The van der Waals surface area contributed by atoms with Crippen LogP contribution in [0, 0.1) is 0 Å². The smallest absolute Gasteiger partial charge is 0.446 e. The number of hydrogen-bond donors (Lipinski definition) is 3. The van der Waals surface area contributed by atoms with Crippen LogP contribution in [0.3, 0.4) is 0 Å². The van der Waals surface area contributed by atoms with E-state index in [1.54, 1.807) is 18.2 Å². The number of nitrogens with one attached hydrogen (secondary N) is 2. The number of anilines is 1. The number of nitrogens with zero attached hydrogens (tertiary/aromatic N) is 1. The van der Waals surface area contributed by atoms with Crippen LogP contribution >= 0.6 is 11.6 Å². The number of urea groups is 1. The van der Waals surface area contributed by atoms with Crippen molar-refractivity contribution in [2.24, 2.45) is 0 Å². The highest BCUT2D eigenvalue weighted by Gasteiger charge is 2.32. The first kappa shape index (κ1) is 28.1. The van der Waals surface area contributed by atoms with Crippen LogP contribution in [0.4, 0.5) is 23.7 Å². The minimum atomic E-state index is -4.64. The highest BCUT2D eigenvalue weighted by molar-refractivity contribution is 7.91. The van der Waals surface area contributed by atoms with E-state index in [0.29, 0.717) is 5.69 Å². The molecule has 2 aromatic rings. The normalized spacial score (nSPS) is 16.4. The summed E-state index contributed by atoms with van der Waals surface area (Å²) in [6.07, 6.45) is -0.476. The Balaban J connectivity index is 0.000000641. The fourth-order valence-electron chi connectivity index (χ4n) is 3.22. The van der Waals surface area contributed by atoms with Gasteiger partial charge in [-0.2, -0.15) is 13.2 Å². The first-order valence-electron chi connectivity index (χ1n) is 10.2. The van der Waals surface area contributed by atoms with Crippen LogP contribution in [-0.2, 0) is 14.6 Å². The van der Waals surface area contributed by atoms with E-state index in [9.17, 15) is 31.5 Å². The molecule has 1 heterocycles. The molecule has 3 N–H and O–H groups in total. The molecule has 3 rings (SSSR count). The van der Waals surface area contributed by atoms with E-state index in [1.807, 2.05) is 13.0 Å². The molecular weight excluding hydrogens is 511 g/mol. The molecule has 0 aliphatic heterocycles. The molecule has 1 aromatic heterocycles. The van der Waals surface area contributed by atoms with Gasteiger partial charge in [0.25, 0.3) is 0 Å². The zero-order valence-corrected chi connectivity index (χ0v) is 20.2. The van der Waals surface area contributed by atoms with Gasteiger partial charge >= 0.3 is 12.2 Å². The zero-order valence-electron chi connectivity index (χ0n) is 18.6. The third-order valence-corrected chi connectivity index (χ3v) is 7.68. The monoisotopic (exact) mass is 533 g/mol. The van der Waals surface area contributed by atoms with Crippen molar-refractivity contribution in [3.8, 4) is 5.75 Å². The van der Waals surface area contributed by atoms with Gasteiger partial charge in [-0.1, -0.05) is 29.3 Å². The molecule has 8 nitrogen and oxygen atoms in total. The summed E-state index contributed by atoms with van der Waals surface area (Å²) in [7, 11) is -4.07. The Hall–Kier alpha value is -3.12. The number of aromatic hydroxyl groups is 1. The molecule has 2 atom stereocenters. The lowest BCUT2D eigenvalue weighted by Crippen LogP contribution is -2.37. The number of benzene rings is 1. The van der Waals surface area contributed by atoms with Crippen LogP contribution in [0.15, 0.2) is 53.1 Å². The second-order valence-electron chi connectivity index (χ2n) is 7.55. The number of pyridine rings is 1. The average Bonchev–Trinajstić information content (AvgIpc) is 3.19. The summed E-state index contributed by atoms with van der Waals surface area (Å²) in [5.74, 6) is -0.603. The van der Waals surface area contributed by atoms with Crippen LogP contribution in [0.1, 0.15) is 37.6 Å². The predicted octanol–water partition coefficient (Wildman–Crippen LogP) is 4.95. The Morgan fingerprint density at radius 3 is 2.46 bits per heavy atom. The van der Waals surface area contributed by atoms with Gasteiger partial charge < -0.3 is 15.7 Å². The minimum absolute atomic E-state index is 0.0432. The van der Waals surface area contributed by atoms with Crippen molar-refractivity contribution >= 4 is 39.4 Å². The first-order valence-corrected chi connectivity index (χ1v) is 12.1. The van der Waals surface area contributed by atoms with Crippen LogP contribution in [0.25, 0.3) is 0 Å². The molecule has 0 saturated carbocycles. The van der Waals surface area contributed by atoms with E-state index in [2.05, 4.69) is 15.6 Å². The van der Waals surface area contributed by atoms with Crippen molar-refractivity contribution in [3.05, 3.63) is 58.9 Å². The number of aromatic nitrogens is 1. The number of amides is 2. The summed E-state index contributed by atoms with van der Waals surface area (Å²) in [5, 5.41) is 14.8. The summed E-state index contributed by atoms with van der Waals surface area (Å²) in [6, 6.07) is 7.00. The number of carbonyl (C=O) groups excluding carboxylic acids is 2. The molecule has 2 unspecified atom stereocenters. The molecule has 13 heteroatoms. The maximum Gasteiger partial charge on any atom is 0.446 e. The number of carbonyl (C=O) groups is 2.